The zero-order valence-corrected chi connectivity index (χ0v) is 12.0. The third kappa shape index (κ3) is 2.53. The summed E-state index contributed by atoms with van der Waals surface area (Å²) in [5, 5.41) is 6.53. The van der Waals surface area contributed by atoms with Gasteiger partial charge in [0.1, 0.15) is 0 Å². The second-order valence-electron chi connectivity index (χ2n) is 4.64. The summed E-state index contributed by atoms with van der Waals surface area (Å²) in [7, 11) is 1.82. The van der Waals surface area contributed by atoms with Gasteiger partial charge in [-0.25, -0.2) is 0 Å². The summed E-state index contributed by atoms with van der Waals surface area (Å²) in [6.07, 6.45) is 4.62. The van der Waals surface area contributed by atoms with Gasteiger partial charge in [0.05, 0.1) is 16.7 Å². The molecule has 1 aliphatic rings. The lowest BCUT2D eigenvalue weighted by molar-refractivity contribution is -0.0989. The molecule has 1 heterocycles. The first-order valence-corrected chi connectivity index (χ1v) is 7.50. The molecule has 1 aliphatic carbocycles. The summed E-state index contributed by atoms with van der Waals surface area (Å²) in [6.45, 7) is 3.18. The fourth-order valence-corrected chi connectivity index (χ4v) is 3.80. The average Bonchev–Trinajstić information content (AvgIpc) is 2.68. The lowest BCUT2D eigenvalue weighted by Crippen LogP contribution is -2.50. The Kier molecular flexibility index (Phi) is 4.47. The Hall–Kier alpha value is -0.0900. The molecule has 2 nitrogen and oxygen atoms in total. The van der Waals surface area contributed by atoms with E-state index in [1.54, 1.807) is 11.3 Å². The highest BCUT2D eigenvalue weighted by molar-refractivity contribution is 7.10. The summed E-state index contributed by atoms with van der Waals surface area (Å²) in [6, 6.07) is 2.22. The molecule has 1 N–H and O–H groups in total. The van der Waals surface area contributed by atoms with Crippen LogP contribution in [0, 0.1) is 0 Å². The van der Waals surface area contributed by atoms with E-state index in [1.165, 1.54) is 11.3 Å². The van der Waals surface area contributed by atoms with Crippen molar-refractivity contribution in [2.24, 2.45) is 0 Å². The molecular formula is C13H20ClNOS. The van der Waals surface area contributed by atoms with Gasteiger partial charge in [-0.3, -0.25) is 0 Å². The lowest BCUT2D eigenvalue weighted by atomic mass is 9.74. The van der Waals surface area contributed by atoms with Crippen LogP contribution in [-0.2, 0) is 4.74 Å². The molecule has 0 aromatic carbocycles. The van der Waals surface area contributed by atoms with E-state index in [-0.39, 0.29) is 11.6 Å². The summed E-state index contributed by atoms with van der Waals surface area (Å²) in [4.78, 5) is 1.22. The Bertz CT molecular complexity index is 357. The molecule has 0 saturated heterocycles. The van der Waals surface area contributed by atoms with E-state index in [0.717, 1.165) is 30.8 Å². The van der Waals surface area contributed by atoms with Gasteiger partial charge in [0.15, 0.2) is 0 Å². The number of ether oxygens (including phenoxy) is 1. The fraction of sp³-hybridized carbons (Fsp3) is 0.692. The monoisotopic (exact) mass is 273 g/mol. The minimum absolute atomic E-state index is 0.0380. The molecule has 0 spiro atoms. The number of nitrogens with one attached hydrogen (secondary N) is 1. The lowest BCUT2D eigenvalue weighted by Gasteiger charge is -2.46. The third-order valence-electron chi connectivity index (χ3n) is 3.64. The van der Waals surface area contributed by atoms with Gasteiger partial charge in [-0.15, -0.1) is 11.3 Å². The van der Waals surface area contributed by atoms with Gasteiger partial charge in [0.25, 0.3) is 0 Å². The number of rotatable bonds is 6. The van der Waals surface area contributed by atoms with Crippen LogP contribution in [0.1, 0.15) is 43.5 Å². The summed E-state index contributed by atoms with van der Waals surface area (Å²) >= 11 is 8.00. The fourth-order valence-electron chi connectivity index (χ4n) is 2.45. The van der Waals surface area contributed by atoms with Crippen molar-refractivity contribution in [1.82, 2.24) is 5.32 Å². The Morgan fingerprint density at radius 3 is 2.76 bits per heavy atom. The maximum Gasteiger partial charge on any atom is 0.0881 e. The largest absolute Gasteiger partial charge is 0.376 e. The highest BCUT2D eigenvalue weighted by Gasteiger charge is 2.46. The minimum Gasteiger partial charge on any atom is -0.376 e. The van der Waals surface area contributed by atoms with Crippen molar-refractivity contribution in [3.8, 4) is 0 Å². The predicted molar refractivity (Wildman–Crippen MR) is 74.0 cm³/mol. The summed E-state index contributed by atoms with van der Waals surface area (Å²) in [5.74, 6) is 0. The van der Waals surface area contributed by atoms with E-state index in [9.17, 15) is 0 Å². The Labute approximate surface area is 112 Å². The molecule has 4 heteroatoms. The third-order valence-corrected chi connectivity index (χ3v) is 5.06. The zero-order valence-electron chi connectivity index (χ0n) is 10.5. The summed E-state index contributed by atoms with van der Waals surface area (Å²) < 4.78 is 5.80. The van der Waals surface area contributed by atoms with Crippen LogP contribution in [0.15, 0.2) is 11.4 Å². The van der Waals surface area contributed by atoms with Crippen molar-refractivity contribution in [3.63, 3.8) is 0 Å². The average molecular weight is 274 g/mol. The van der Waals surface area contributed by atoms with Crippen LogP contribution in [0.5, 0.6) is 0 Å². The molecule has 96 valence electrons. The zero-order chi connectivity index (χ0) is 12.3. The quantitative estimate of drug-likeness (QED) is 0.846. The van der Waals surface area contributed by atoms with Crippen LogP contribution in [0.25, 0.3) is 0 Å². The van der Waals surface area contributed by atoms with E-state index < -0.39 is 0 Å². The minimum atomic E-state index is -0.0380. The van der Waals surface area contributed by atoms with Crippen LogP contribution >= 0.6 is 22.9 Å². The maximum atomic E-state index is 6.27. The van der Waals surface area contributed by atoms with Crippen molar-refractivity contribution in [3.05, 3.63) is 21.3 Å². The molecule has 1 saturated carbocycles. The molecule has 1 atom stereocenters. The van der Waals surface area contributed by atoms with Gasteiger partial charge in [-0.05, 0) is 43.7 Å². The number of methoxy groups -OCH3 is 1. The van der Waals surface area contributed by atoms with Crippen LogP contribution in [0.2, 0.25) is 5.02 Å². The Morgan fingerprint density at radius 2 is 2.35 bits per heavy atom. The number of thiophene rings is 1. The van der Waals surface area contributed by atoms with Crippen LogP contribution < -0.4 is 5.32 Å². The Balaban J connectivity index is 2.21. The van der Waals surface area contributed by atoms with Gasteiger partial charge >= 0.3 is 0 Å². The van der Waals surface area contributed by atoms with Crippen molar-refractivity contribution in [2.75, 3.05) is 13.7 Å². The topological polar surface area (TPSA) is 21.3 Å². The standard InChI is InChI=1S/C13H20ClNOS/c1-3-8-15-12(11-10(14)5-9-17-11)13(16-2)6-4-7-13/h5,9,12,15H,3-4,6-8H2,1-2H3. The van der Waals surface area contributed by atoms with Gasteiger partial charge < -0.3 is 10.1 Å². The first-order valence-electron chi connectivity index (χ1n) is 6.25. The first kappa shape index (κ1) is 13.3. The molecular weight excluding hydrogens is 254 g/mol. The summed E-state index contributed by atoms with van der Waals surface area (Å²) in [5.41, 5.74) is -0.0380. The predicted octanol–water partition coefficient (Wildman–Crippen LogP) is 4.01. The number of hydrogen-bond donors (Lipinski definition) is 1. The van der Waals surface area contributed by atoms with Crippen molar-refractivity contribution in [2.45, 2.75) is 44.2 Å². The van der Waals surface area contributed by atoms with E-state index in [4.69, 9.17) is 16.3 Å². The molecule has 17 heavy (non-hydrogen) atoms. The molecule has 0 radical (unpaired) electrons. The SMILES string of the molecule is CCCNC(c1sccc1Cl)C1(OC)CCC1. The molecule has 1 fully saturated rings. The molecule has 0 aliphatic heterocycles. The normalized spacial score (nSPS) is 19.9. The smallest absolute Gasteiger partial charge is 0.0881 e. The molecule has 1 unspecified atom stereocenters. The van der Waals surface area contributed by atoms with E-state index >= 15 is 0 Å². The molecule has 0 bridgehead atoms. The van der Waals surface area contributed by atoms with Gasteiger partial charge in [0, 0.05) is 12.0 Å². The van der Waals surface area contributed by atoms with Gasteiger partial charge in [-0.2, -0.15) is 0 Å². The highest BCUT2D eigenvalue weighted by Crippen LogP contribution is 2.47. The van der Waals surface area contributed by atoms with Crippen LogP contribution in [0.3, 0.4) is 0 Å². The van der Waals surface area contributed by atoms with Crippen molar-refractivity contribution < 1.29 is 4.74 Å². The highest BCUT2D eigenvalue weighted by atomic mass is 35.5. The van der Waals surface area contributed by atoms with E-state index in [2.05, 4.69) is 17.6 Å². The van der Waals surface area contributed by atoms with Crippen LogP contribution in [-0.4, -0.2) is 19.3 Å². The molecule has 2 rings (SSSR count). The van der Waals surface area contributed by atoms with E-state index in [0.29, 0.717) is 0 Å². The van der Waals surface area contributed by atoms with Gasteiger partial charge in [-0.1, -0.05) is 18.5 Å². The molecule has 1 aromatic heterocycles. The van der Waals surface area contributed by atoms with Crippen molar-refractivity contribution >= 4 is 22.9 Å². The van der Waals surface area contributed by atoms with Crippen LogP contribution in [0.4, 0.5) is 0 Å². The second kappa shape index (κ2) is 5.70. The molecule has 0 amide bonds. The number of halogens is 1. The van der Waals surface area contributed by atoms with E-state index in [1.807, 2.05) is 13.2 Å². The maximum absolute atomic E-state index is 6.27. The van der Waals surface area contributed by atoms with Gasteiger partial charge in [0.2, 0.25) is 0 Å². The molecule has 1 aromatic rings. The Morgan fingerprint density at radius 1 is 1.59 bits per heavy atom. The number of hydrogen-bond acceptors (Lipinski definition) is 3. The second-order valence-corrected chi connectivity index (χ2v) is 6.00. The first-order chi connectivity index (χ1) is 8.23. The van der Waals surface area contributed by atoms with Crippen molar-refractivity contribution in [1.29, 1.82) is 0 Å².